The van der Waals surface area contributed by atoms with Gasteiger partial charge in [0.05, 0.1) is 0 Å². The predicted octanol–water partition coefficient (Wildman–Crippen LogP) is 5.02. The fourth-order valence-electron chi connectivity index (χ4n) is 2.30. The van der Waals surface area contributed by atoms with Crippen LogP contribution in [0.4, 0.5) is 4.39 Å². The molecule has 2 rings (SSSR count). The lowest BCUT2D eigenvalue weighted by atomic mass is 9.86. The van der Waals surface area contributed by atoms with Crippen molar-refractivity contribution >= 4 is 11.6 Å². The van der Waals surface area contributed by atoms with Gasteiger partial charge < -0.3 is 5.73 Å². The standard InChI is InChI=1S/C18H21ClFN/c1-18(2,3)13-6-4-12(5-7-13)10-17(21)15-11-14(19)8-9-16(15)20/h4-9,11,17H,10,21H2,1-3H3. The van der Waals surface area contributed by atoms with Crippen molar-refractivity contribution in [3.05, 3.63) is 70.0 Å². The van der Waals surface area contributed by atoms with E-state index in [0.29, 0.717) is 17.0 Å². The summed E-state index contributed by atoms with van der Waals surface area (Å²) < 4.78 is 13.8. The van der Waals surface area contributed by atoms with Gasteiger partial charge in [-0.2, -0.15) is 0 Å². The summed E-state index contributed by atoms with van der Waals surface area (Å²) in [6, 6.07) is 12.4. The van der Waals surface area contributed by atoms with E-state index in [4.69, 9.17) is 17.3 Å². The van der Waals surface area contributed by atoms with Crippen molar-refractivity contribution in [2.45, 2.75) is 38.6 Å². The van der Waals surface area contributed by atoms with Crippen molar-refractivity contribution in [1.29, 1.82) is 0 Å². The van der Waals surface area contributed by atoms with Gasteiger partial charge in [-0.15, -0.1) is 0 Å². The Morgan fingerprint density at radius 1 is 1.10 bits per heavy atom. The Bertz CT molecular complexity index is 614. The number of hydrogen-bond donors (Lipinski definition) is 1. The average Bonchev–Trinajstić information content (AvgIpc) is 2.41. The van der Waals surface area contributed by atoms with Gasteiger partial charge in [-0.25, -0.2) is 4.39 Å². The SMILES string of the molecule is CC(C)(C)c1ccc(CC(N)c2cc(Cl)ccc2F)cc1. The minimum atomic E-state index is -0.399. The van der Waals surface area contributed by atoms with Gasteiger partial charge in [0.2, 0.25) is 0 Å². The molecular formula is C18H21ClFN. The normalized spacial score (nSPS) is 13.2. The van der Waals surface area contributed by atoms with Crippen LogP contribution < -0.4 is 5.73 Å². The summed E-state index contributed by atoms with van der Waals surface area (Å²) in [5.74, 6) is -0.307. The molecule has 1 unspecified atom stereocenters. The molecule has 0 saturated heterocycles. The Hall–Kier alpha value is -1.38. The third kappa shape index (κ3) is 4.05. The minimum Gasteiger partial charge on any atom is -0.324 e. The maximum Gasteiger partial charge on any atom is 0.128 e. The van der Waals surface area contributed by atoms with E-state index in [2.05, 4.69) is 45.0 Å². The van der Waals surface area contributed by atoms with Crippen molar-refractivity contribution in [1.82, 2.24) is 0 Å². The van der Waals surface area contributed by atoms with E-state index in [1.165, 1.54) is 17.7 Å². The molecule has 0 aliphatic carbocycles. The predicted molar refractivity (Wildman–Crippen MR) is 87.2 cm³/mol. The highest BCUT2D eigenvalue weighted by Gasteiger charge is 2.15. The lowest BCUT2D eigenvalue weighted by Gasteiger charge is -2.20. The maximum atomic E-state index is 13.8. The maximum absolute atomic E-state index is 13.8. The van der Waals surface area contributed by atoms with Crippen molar-refractivity contribution in [2.24, 2.45) is 5.73 Å². The van der Waals surface area contributed by atoms with Crippen LogP contribution in [0.1, 0.15) is 43.5 Å². The molecular weight excluding hydrogens is 285 g/mol. The highest BCUT2D eigenvalue weighted by atomic mass is 35.5. The van der Waals surface area contributed by atoms with Crippen LogP contribution in [0.5, 0.6) is 0 Å². The molecule has 0 bridgehead atoms. The molecule has 0 fully saturated rings. The molecule has 1 atom stereocenters. The number of halogens is 2. The smallest absolute Gasteiger partial charge is 0.128 e. The summed E-state index contributed by atoms with van der Waals surface area (Å²) >= 11 is 5.91. The van der Waals surface area contributed by atoms with E-state index in [1.807, 2.05) is 0 Å². The van der Waals surface area contributed by atoms with Crippen LogP contribution in [0.2, 0.25) is 5.02 Å². The lowest BCUT2D eigenvalue weighted by molar-refractivity contribution is 0.579. The summed E-state index contributed by atoms with van der Waals surface area (Å²) in [7, 11) is 0. The number of nitrogens with two attached hydrogens (primary N) is 1. The number of rotatable bonds is 3. The van der Waals surface area contributed by atoms with E-state index in [9.17, 15) is 4.39 Å². The largest absolute Gasteiger partial charge is 0.324 e. The summed E-state index contributed by atoms with van der Waals surface area (Å²) in [4.78, 5) is 0. The molecule has 0 amide bonds. The Morgan fingerprint density at radius 2 is 1.71 bits per heavy atom. The fraction of sp³-hybridized carbons (Fsp3) is 0.333. The second-order valence-electron chi connectivity index (χ2n) is 6.42. The highest BCUT2D eigenvalue weighted by Crippen LogP contribution is 2.25. The van der Waals surface area contributed by atoms with Crippen molar-refractivity contribution < 1.29 is 4.39 Å². The third-order valence-corrected chi connectivity index (χ3v) is 3.87. The van der Waals surface area contributed by atoms with Crippen LogP contribution >= 0.6 is 11.6 Å². The summed E-state index contributed by atoms with van der Waals surface area (Å²) in [6.45, 7) is 6.53. The monoisotopic (exact) mass is 305 g/mol. The molecule has 0 aromatic heterocycles. The second-order valence-corrected chi connectivity index (χ2v) is 6.86. The van der Waals surface area contributed by atoms with Gasteiger partial charge in [0, 0.05) is 16.6 Å². The van der Waals surface area contributed by atoms with Gasteiger partial charge in [0.25, 0.3) is 0 Å². The first-order valence-electron chi connectivity index (χ1n) is 7.07. The molecule has 2 aromatic rings. The molecule has 0 heterocycles. The first kappa shape index (κ1) is 16.0. The first-order valence-corrected chi connectivity index (χ1v) is 7.45. The van der Waals surface area contributed by atoms with Gasteiger partial charge in [-0.1, -0.05) is 56.6 Å². The Balaban J connectivity index is 2.16. The zero-order valence-electron chi connectivity index (χ0n) is 12.7. The molecule has 0 spiro atoms. The van der Waals surface area contributed by atoms with E-state index < -0.39 is 6.04 Å². The zero-order chi connectivity index (χ0) is 15.6. The second kappa shape index (κ2) is 6.17. The van der Waals surface area contributed by atoms with Gasteiger partial charge in [0.15, 0.2) is 0 Å². The van der Waals surface area contributed by atoms with Gasteiger partial charge in [-0.05, 0) is 41.2 Å². The molecule has 112 valence electrons. The fourth-order valence-corrected chi connectivity index (χ4v) is 2.48. The van der Waals surface area contributed by atoms with Crippen molar-refractivity contribution in [2.75, 3.05) is 0 Å². The van der Waals surface area contributed by atoms with Crippen LogP contribution in [0.3, 0.4) is 0 Å². The van der Waals surface area contributed by atoms with E-state index >= 15 is 0 Å². The highest BCUT2D eigenvalue weighted by molar-refractivity contribution is 6.30. The molecule has 2 N–H and O–H groups in total. The first-order chi connectivity index (χ1) is 9.77. The molecule has 21 heavy (non-hydrogen) atoms. The van der Waals surface area contributed by atoms with Crippen molar-refractivity contribution in [3.8, 4) is 0 Å². The van der Waals surface area contributed by atoms with Gasteiger partial charge in [0.1, 0.15) is 5.82 Å². The molecule has 0 aliphatic heterocycles. The molecule has 3 heteroatoms. The summed E-state index contributed by atoms with van der Waals surface area (Å²) in [6.07, 6.45) is 0.585. The minimum absolute atomic E-state index is 0.125. The van der Waals surface area contributed by atoms with Crippen LogP contribution in [0.25, 0.3) is 0 Å². The molecule has 0 aliphatic rings. The Labute approximate surface area is 130 Å². The van der Waals surface area contributed by atoms with E-state index in [1.54, 1.807) is 6.07 Å². The molecule has 0 saturated carbocycles. The van der Waals surface area contributed by atoms with Crippen LogP contribution in [0.15, 0.2) is 42.5 Å². The lowest BCUT2D eigenvalue weighted by Crippen LogP contribution is -2.15. The molecule has 1 nitrogen and oxygen atoms in total. The molecule has 0 radical (unpaired) electrons. The van der Waals surface area contributed by atoms with Gasteiger partial charge in [-0.3, -0.25) is 0 Å². The molecule has 2 aromatic carbocycles. The van der Waals surface area contributed by atoms with Crippen LogP contribution in [0, 0.1) is 5.82 Å². The Morgan fingerprint density at radius 3 is 2.29 bits per heavy atom. The van der Waals surface area contributed by atoms with Crippen LogP contribution in [-0.2, 0) is 11.8 Å². The van der Waals surface area contributed by atoms with E-state index in [0.717, 1.165) is 5.56 Å². The number of benzene rings is 2. The topological polar surface area (TPSA) is 26.0 Å². The Kier molecular flexibility index (Phi) is 4.70. The zero-order valence-corrected chi connectivity index (χ0v) is 13.4. The summed E-state index contributed by atoms with van der Waals surface area (Å²) in [5, 5.41) is 0.505. The van der Waals surface area contributed by atoms with Gasteiger partial charge >= 0.3 is 0 Å². The van der Waals surface area contributed by atoms with E-state index in [-0.39, 0.29) is 11.2 Å². The average molecular weight is 306 g/mol. The van der Waals surface area contributed by atoms with Crippen molar-refractivity contribution in [3.63, 3.8) is 0 Å². The van der Waals surface area contributed by atoms with Crippen LogP contribution in [-0.4, -0.2) is 0 Å². The quantitative estimate of drug-likeness (QED) is 0.846. The number of hydrogen-bond acceptors (Lipinski definition) is 1. The third-order valence-electron chi connectivity index (χ3n) is 3.63. The summed E-state index contributed by atoms with van der Waals surface area (Å²) in [5.41, 5.74) is 9.07.